The summed E-state index contributed by atoms with van der Waals surface area (Å²) in [7, 11) is 0. The molecule has 0 aliphatic carbocycles. The summed E-state index contributed by atoms with van der Waals surface area (Å²) in [6.07, 6.45) is 0. The number of aromatic nitrogens is 3. The predicted molar refractivity (Wildman–Crippen MR) is 67.9 cm³/mol. The molecule has 3 rings (SSSR count). The third kappa shape index (κ3) is 1.60. The fourth-order valence-corrected chi connectivity index (χ4v) is 2.05. The number of rotatable bonds is 1. The van der Waals surface area contributed by atoms with E-state index in [0.29, 0.717) is 0 Å². The van der Waals surface area contributed by atoms with Crippen LogP contribution in [0, 0.1) is 13.8 Å². The summed E-state index contributed by atoms with van der Waals surface area (Å²) in [6, 6.07) is 14.3. The molecule has 3 aromatic rings. The van der Waals surface area contributed by atoms with E-state index in [9.17, 15) is 0 Å². The third-order valence-electron chi connectivity index (χ3n) is 2.91. The standard InChI is InChI=1S/C14H13N3/c1-10-14-9-8-13(12-6-4-3-5-7-12)16-17(14)11(2)15-10/h3-9H,1-2H3. The van der Waals surface area contributed by atoms with Gasteiger partial charge in [0.1, 0.15) is 5.82 Å². The lowest BCUT2D eigenvalue weighted by Crippen LogP contribution is -1.96. The summed E-state index contributed by atoms with van der Waals surface area (Å²) in [5.74, 6) is 0.926. The van der Waals surface area contributed by atoms with Crippen LogP contribution in [-0.2, 0) is 0 Å². The smallest absolute Gasteiger partial charge is 0.127 e. The van der Waals surface area contributed by atoms with Crippen LogP contribution in [0.15, 0.2) is 42.5 Å². The molecule has 3 nitrogen and oxygen atoms in total. The van der Waals surface area contributed by atoms with Gasteiger partial charge in [0.2, 0.25) is 0 Å². The molecule has 0 bridgehead atoms. The van der Waals surface area contributed by atoms with Gasteiger partial charge >= 0.3 is 0 Å². The molecule has 0 N–H and O–H groups in total. The Hall–Kier alpha value is -2.16. The van der Waals surface area contributed by atoms with E-state index in [0.717, 1.165) is 28.3 Å². The molecule has 17 heavy (non-hydrogen) atoms. The van der Waals surface area contributed by atoms with Crippen molar-refractivity contribution in [3.05, 3.63) is 54.0 Å². The molecule has 0 saturated heterocycles. The Kier molecular flexibility index (Phi) is 2.18. The minimum absolute atomic E-state index is 0.926. The van der Waals surface area contributed by atoms with Crippen molar-refractivity contribution in [3.8, 4) is 11.3 Å². The predicted octanol–water partition coefficient (Wildman–Crippen LogP) is 3.01. The molecule has 0 atom stereocenters. The maximum absolute atomic E-state index is 4.62. The van der Waals surface area contributed by atoms with Gasteiger partial charge < -0.3 is 0 Å². The summed E-state index contributed by atoms with van der Waals surface area (Å²) in [5, 5.41) is 4.62. The second-order valence-electron chi connectivity index (χ2n) is 4.13. The van der Waals surface area contributed by atoms with E-state index in [1.165, 1.54) is 0 Å². The van der Waals surface area contributed by atoms with Crippen molar-refractivity contribution < 1.29 is 0 Å². The van der Waals surface area contributed by atoms with E-state index in [1.54, 1.807) is 0 Å². The fourth-order valence-electron chi connectivity index (χ4n) is 2.05. The zero-order valence-electron chi connectivity index (χ0n) is 9.88. The molecule has 0 aliphatic rings. The number of fused-ring (bicyclic) bond motifs is 1. The Balaban J connectivity index is 2.24. The minimum atomic E-state index is 0.926. The highest BCUT2D eigenvalue weighted by Gasteiger charge is 2.06. The van der Waals surface area contributed by atoms with Crippen LogP contribution >= 0.6 is 0 Å². The van der Waals surface area contributed by atoms with E-state index in [4.69, 9.17) is 0 Å². The summed E-state index contributed by atoms with van der Waals surface area (Å²) in [4.78, 5) is 4.43. The molecule has 0 saturated carbocycles. The van der Waals surface area contributed by atoms with Crippen molar-refractivity contribution in [2.24, 2.45) is 0 Å². The SMILES string of the molecule is Cc1nc(C)n2nc(-c3ccccc3)ccc12. The van der Waals surface area contributed by atoms with E-state index < -0.39 is 0 Å². The Morgan fingerprint density at radius 1 is 0.941 bits per heavy atom. The molecule has 84 valence electrons. The molecule has 0 fully saturated rings. The monoisotopic (exact) mass is 223 g/mol. The number of nitrogens with zero attached hydrogens (tertiary/aromatic N) is 3. The second-order valence-corrected chi connectivity index (χ2v) is 4.13. The van der Waals surface area contributed by atoms with Gasteiger partial charge in [-0.3, -0.25) is 0 Å². The molecule has 2 aromatic heterocycles. The summed E-state index contributed by atoms with van der Waals surface area (Å²) in [6.45, 7) is 3.98. The first-order valence-electron chi connectivity index (χ1n) is 5.64. The normalized spacial score (nSPS) is 10.9. The quantitative estimate of drug-likeness (QED) is 0.634. The van der Waals surface area contributed by atoms with Gasteiger partial charge in [0.25, 0.3) is 0 Å². The lowest BCUT2D eigenvalue weighted by Gasteiger charge is -2.02. The van der Waals surface area contributed by atoms with E-state index in [1.807, 2.05) is 42.6 Å². The van der Waals surface area contributed by atoms with Crippen LogP contribution in [0.4, 0.5) is 0 Å². The fraction of sp³-hybridized carbons (Fsp3) is 0.143. The number of hydrogen-bond acceptors (Lipinski definition) is 2. The van der Waals surface area contributed by atoms with Gasteiger partial charge in [0.15, 0.2) is 0 Å². The molecule has 2 heterocycles. The van der Waals surface area contributed by atoms with Crippen LogP contribution in [0.5, 0.6) is 0 Å². The van der Waals surface area contributed by atoms with Crippen LogP contribution in [0.25, 0.3) is 16.8 Å². The van der Waals surface area contributed by atoms with Gasteiger partial charge in [0, 0.05) is 5.56 Å². The molecule has 0 aliphatic heterocycles. The molecule has 3 heteroatoms. The van der Waals surface area contributed by atoms with Crippen molar-refractivity contribution in [2.75, 3.05) is 0 Å². The van der Waals surface area contributed by atoms with Gasteiger partial charge in [-0.2, -0.15) is 5.10 Å². The van der Waals surface area contributed by atoms with E-state index in [2.05, 4.69) is 28.3 Å². The average Bonchev–Trinajstić information content (AvgIpc) is 2.66. The first-order valence-corrected chi connectivity index (χ1v) is 5.64. The van der Waals surface area contributed by atoms with Crippen molar-refractivity contribution in [1.82, 2.24) is 14.6 Å². The Morgan fingerprint density at radius 3 is 2.47 bits per heavy atom. The van der Waals surface area contributed by atoms with Crippen LogP contribution in [0.1, 0.15) is 11.5 Å². The van der Waals surface area contributed by atoms with Crippen LogP contribution in [0.3, 0.4) is 0 Å². The zero-order chi connectivity index (χ0) is 11.8. The molecule has 0 spiro atoms. The van der Waals surface area contributed by atoms with Crippen LogP contribution < -0.4 is 0 Å². The van der Waals surface area contributed by atoms with Gasteiger partial charge in [-0.05, 0) is 26.0 Å². The highest BCUT2D eigenvalue weighted by molar-refractivity contribution is 5.62. The van der Waals surface area contributed by atoms with Crippen molar-refractivity contribution in [2.45, 2.75) is 13.8 Å². The maximum atomic E-state index is 4.62. The molecular weight excluding hydrogens is 210 g/mol. The number of imidazole rings is 1. The minimum Gasteiger partial charge on any atom is -0.236 e. The number of hydrogen-bond donors (Lipinski definition) is 0. The Morgan fingerprint density at radius 2 is 1.71 bits per heavy atom. The highest BCUT2D eigenvalue weighted by atomic mass is 15.3. The zero-order valence-corrected chi connectivity index (χ0v) is 9.88. The largest absolute Gasteiger partial charge is 0.236 e. The molecule has 0 radical (unpaired) electrons. The van der Waals surface area contributed by atoms with Crippen molar-refractivity contribution in [1.29, 1.82) is 0 Å². The Bertz CT molecular complexity index is 669. The topological polar surface area (TPSA) is 30.2 Å². The summed E-state index contributed by atoms with van der Waals surface area (Å²) in [5.41, 5.74) is 4.19. The van der Waals surface area contributed by atoms with E-state index in [-0.39, 0.29) is 0 Å². The van der Waals surface area contributed by atoms with Gasteiger partial charge in [-0.25, -0.2) is 9.50 Å². The summed E-state index contributed by atoms with van der Waals surface area (Å²) < 4.78 is 1.90. The third-order valence-corrected chi connectivity index (χ3v) is 2.91. The first-order chi connectivity index (χ1) is 8.25. The number of benzene rings is 1. The molecule has 1 aromatic carbocycles. The van der Waals surface area contributed by atoms with Crippen molar-refractivity contribution >= 4 is 5.52 Å². The highest BCUT2D eigenvalue weighted by Crippen LogP contribution is 2.18. The van der Waals surface area contributed by atoms with Gasteiger partial charge in [-0.15, -0.1) is 0 Å². The average molecular weight is 223 g/mol. The summed E-state index contributed by atoms with van der Waals surface area (Å²) >= 11 is 0. The van der Waals surface area contributed by atoms with Crippen molar-refractivity contribution in [3.63, 3.8) is 0 Å². The molecule has 0 amide bonds. The number of aryl methyl sites for hydroxylation is 2. The molecule has 0 unspecified atom stereocenters. The first kappa shape index (κ1) is 10.0. The Labute approximate surface area is 99.7 Å². The van der Waals surface area contributed by atoms with Crippen LogP contribution in [-0.4, -0.2) is 14.6 Å². The van der Waals surface area contributed by atoms with E-state index >= 15 is 0 Å². The lowest BCUT2D eigenvalue weighted by molar-refractivity contribution is 0.881. The second kappa shape index (κ2) is 3.70. The van der Waals surface area contributed by atoms with Gasteiger partial charge in [0.05, 0.1) is 16.9 Å². The lowest BCUT2D eigenvalue weighted by atomic mass is 10.1. The van der Waals surface area contributed by atoms with Gasteiger partial charge in [-0.1, -0.05) is 30.3 Å². The maximum Gasteiger partial charge on any atom is 0.127 e. The molecular formula is C14H13N3. The van der Waals surface area contributed by atoms with Crippen LogP contribution in [0.2, 0.25) is 0 Å².